The molecule has 0 bridgehead atoms. The molecule has 1 saturated carbocycles. The summed E-state index contributed by atoms with van der Waals surface area (Å²) in [5, 5.41) is 6.78. The van der Waals surface area contributed by atoms with Crippen LogP contribution in [0.25, 0.3) is 0 Å². The van der Waals surface area contributed by atoms with Crippen LogP contribution in [0.5, 0.6) is 5.75 Å². The van der Waals surface area contributed by atoms with Gasteiger partial charge in [-0.15, -0.1) is 0 Å². The van der Waals surface area contributed by atoms with Crippen molar-refractivity contribution in [1.82, 2.24) is 0 Å². The molecule has 1 amide bonds. The number of carbonyl (C=O) groups excluding carboxylic acids is 1. The summed E-state index contributed by atoms with van der Waals surface area (Å²) in [5.74, 6) is 0.958. The van der Waals surface area contributed by atoms with Gasteiger partial charge >= 0.3 is 0 Å². The fraction of sp³-hybridized carbons (Fsp3) is 0.278. The number of halogens is 1. The Kier molecular flexibility index (Phi) is 4.72. The van der Waals surface area contributed by atoms with Gasteiger partial charge in [0, 0.05) is 23.0 Å². The molecular formula is C18H19ClN2O2. The Labute approximate surface area is 140 Å². The zero-order valence-electron chi connectivity index (χ0n) is 12.9. The fourth-order valence-electron chi connectivity index (χ4n) is 2.46. The van der Waals surface area contributed by atoms with Crippen LogP contribution in [0.2, 0.25) is 5.02 Å². The van der Waals surface area contributed by atoms with Crippen LogP contribution in [0.1, 0.15) is 19.3 Å². The van der Waals surface area contributed by atoms with Crippen molar-refractivity contribution in [2.75, 3.05) is 17.7 Å². The molecule has 3 rings (SSSR count). The quantitative estimate of drug-likeness (QED) is 0.825. The molecule has 0 spiro atoms. The highest BCUT2D eigenvalue weighted by Gasteiger charge is 2.24. The molecule has 4 nitrogen and oxygen atoms in total. The third-order valence-electron chi connectivity index (χ3n) is 4.07. The molecule has 0 atom stereocenters. The van der Waals surface area contributed by atoms with Gasteiger partial charge in [0.2, 0.25) is 5.91 Å². The molecule has 2 aromatic carbocycles. The summed E-state index contributed by atoms with van der Waals surface area (Å²) in [7, 11) is 1.59. The maximum Gasteiger partial charge on any atom is 0.227 e. The molecule has 2 aromatic rings. The molecule has 5 heteroatoms. The van der Waals surface area contributed by atoms with E-state index in [0.717, 1.165) is 36.3 Å². The normalized spacial score (nSPS) is 14.0. The summed E-state index contributed by atoms with van der Waals surface area (Å²) >= 11 is 6.11. The van der Waals surface area contributed by atoms with E-state index in [1.165, 1.54) is 0 Å². The average Bonchev–Trinajstić information content (AvgIpc) is 2.48. The van der Waals surface area contributed by atoms with Crippen molar-refractivity contribution in [2.45, 2.75) is 19.3 Å². The standard InChI is InChI=1S/C18H19ClN2O2/c1-23-17-10-9-15(11-16(17)19)20-13-5-7-14(8-6-13)21-18(22)12-3-2-4-12/h5-12,20H,2-4H2,1H3,(H,21,22). The Morgan fingerprint density at radius 3 is 2.30 bits per heavy atom. The molecule has 1 aliphatic carbocycles. The van der Waals surface area contributed by atoms with Crippen LogP contribution >= 0.6 is 11.6 Å². The Morgan fingerprint density at radius 2 is 1.74 bits per heavy atom. The van der Waals surface area contributed by atoms with Crippen molar-refractivity contribution in [2.24, 2.45) is 5.92 Å². The smallest absolute Gasteiger partial charge is 0.227 e. The Balaban J connectivity index is 1.62. The van der Waals surface area contributed by atoms with Gasteiger partial charge in [0.25, 0.3) is 0 Å². The number of hydrogen-bond acceptors (Lipinski definition) is 3. The third kappa shape index (κ3) is 3.77. The van der Waals surface area contributed by atoms with Crippen molar-refractivity contribution in [3.63, 3.8) is 0 Å². The molecular weight excluding hydrogens is 312 g/mol. The van der Waals surface area contributed by atoms with Crippen LogP contribution in [0.4, 0.5) is 17.1 Å². The summed E-state index contributed by atoms with van der Waals surface area (Å²) in [6.45, 7) is 0. The largest absolute Gasteiger partial charge is 0.495 e. The Morgan fingerprint density at radius 1 is 1.09 bits per heavy atom. The number of benzene rings is 2. The van der Waals surface area contributed by atoms with E-state index in [1.54, 1.807) is 7.11 Å². The highest BCUT2D eigenvalue weighted by molar-refractivity contribution is 6.32. The number of methoxy groups -OCH3 is 1. The lowest BCUT2D eigenvalue weighted by Gasteiger charge is -2.24. The van der Waals surface area contributed by atoms with E-state index in [9.17, 15) is 4.79 Å². The molecule has 0 saturated heterocycles. The first-order valence-corrected chi connectivity index (χ1v) is 8.05. The van der Waals surface area contributed by atoms with Crippen molar-refractivity contribution < 1.29 is 9.53 Å². The molecule has 120 valence electrons. The van der Waals surface area contributed by atoms with Crippen LogP contribution in [0.15, 0.2) is 42.5 Å². The average molecular weight is 331 g/mol. The zero-order chi connectivity index (χ0) is 16.2. The van der Waals surface area contributed by atoms with Gasteiger partial charge in [0.05, 0.1) is 12.1 Å². The first kappa shape index (κ1) is 15.7. The van der Waals surface area contributed by atoms with Crippen LogP contribution in [0.3, 0.4) is 0 Å². The molecule has 1 aliphatic rings. The van der Waals surface area contributed by atoms with Gasteiger partial charge in [0.1, 0.15) is 5.75 Å². The lowest BCUT2D eigenvalue weighted by atomic mass is 9.85. The minimum absolute atomic E-state index is 0.124. The topological polar surface area (TPSA) is 50.4 Å². The van der Waals surface area contributed by atoms with Gasteiger partial charge in [-0.2, -0.15) is 0 Å². The van der Waals surface area contributed by atoms with E-state index in [4.69, 9.17) is 16.3 Å². The third-order valence-corrected chi connectivity index (χ3v) is 4.36. The second kappa shape index (κ2) is 6.92. The van der Waals surface area contributed by atoms with Gasteiger partial charge in [0.15, 0.2) is 0 Å². The van der Waals surface area contributed by atoms with E-state index in [0.29, 0.717) is 10.8 Å². The van der Waals surface area contributed by atoms with Gasteiger partial charge in [-0.05, 0) is 55.3 Å². The predicted octanol–water partition coefficient (Wildman–Crippen LogP) is 4.83. The van der Waals surface area contributed by atoms with E-state index >= 15 is 0 Å². The first-order chi connectivity index (χ1) is 11.2. The summed E-state index contributed by atoms with van der Waals surface area (Å²) in [6, 6.07) is 13.2. The molecule has 23 heavy (non-hydrogen) atoms. The number of ether oxygens (including phenoxy) is 1. The number of nitrogens with one attached hydrogen (secondary N) is 2. The van der Waals surface area contributed by atoms with E-state index < -0.39 is 0 Å². The predicted molar refractivity (Wildman–Crippen MR) is 93.7 cm³/mol. The highest BCUT2D eigenvalue weighted by atomic mass is 35.5. The Bertz CT molecular complexity index is 697. The number of carbonyl (C=O) groups is 1. The number of anilines is 3. The van der Waals surface area contributed by atoms with Gasteiger partial charge < -0.3 is 15.4 Å². The van der Waals surface area contributed by atoms with Gasteiger partial charge in [-0.25, -0.2) is 0 Å². The molecule has 0 unspecified atom stereocenters. The van der Waals surface area contributed by atoms with Crippen molar-refractivity contribution >= 4 is 34.6 Å². The molecule has 0 aromatic heterocycles. The number of hydrogen-bond donors (Lipinski definition) is 2. The van der Waals surface area contributed by atoms with Crippen molar-refractivity contribution in [3.05, 3.63) is 47.5 Å². The van der Waals surface area contributed by atoms with E-state index in [-0.39, 0.29) is 11.8 Å². The fourth-order valence-corrected chi connectivity index (χ4v) is 2.72. The van der Waals surface area contributed by atoms with E-state index in [1.807, 2.05) is 42.5 Å². The molecule has 2 N–H and O–H groups in total. The maximum absolute atomic E-state index is 11.9. The maximum atomic E-state index is 11.9. The second-order valence-corrected chi connectivity index (χ2v) is 6.08. The monoisotopic (exact) mass is 330 g/mol. The molecule has 0 radical (unpaired) electrons. The summed E-state index contributed by atoms with van der Waals surface area (Å²) in [4.78, 5) is 11.9. The summed E-state index contributed by atoms with van der Waals surface area (Å²) in [5.41, 5.74) is 2.62. The van der Waals surface area contributed by atoms with Crippen molar-refractivity contribution in [1.29, 1.82) is 0 Å². The SMILES string of the molecule is COc1ccc(Nc2ccc(NC(=O)C3CCC3)cc2)cc1Cl. The lowest BCUT2D eigenvalue weighted by Crippen LogP contribution is -2.27. The highest BCUT2D eigenvalue weighted by Crippen LogP contribution is 2.30. The van der Waals surface area contributed by atoms with Gasteiger partial charge in [-0.1, -0.05) is 18.0 Å². The second-order valence-electron chi connectivity index (χ2n) is 5.67. The van der Waals surface area contributed by atoms with Crippen LogP contribution in [-0.4, -0.2) is 13.0 Å². The first-order valence-electron chi connectivity index (χ1n) is 7.67. The van der Waals surface area contributed by atoms with E-state index in [2.05, 4.69) is 10.6 Å². The van der Waals surface area contributed by atoms with Gasteiger partial charge in [-0.3, -0.25) is 4.79 Å². The van der Waals surface area contributed by atoms with Crippen LogP contribution in [0, 0.1) is 5.92 Å². The number of rotatable bonds is 5. The molecule has 0 heterocycles. The minimum Gasteiger partial charge on any atom is -0.495 e. The Hall–Kier alpha value is -2.20. The summed E-state index contributed by atoms with van der Waals surface area (Å²) < 4.78 is 5.14. The molecule has 1 fully saturated rings. The molecule has 0 aliphatic heterocycles. The zero-order valence-corrected chi connectivity index (χ0v) is 13.7. The minimum atomic E-state index is 0.124. The number of amides is 1. The summed E-state index contributed by atoms with van der Waals surface area (Å²) in [6.07, 6.45) is 3.17. The van der Waals surface area contributed by atoms with Crippen molar-refractivity contribution in [3.8, 4) is 5.75 Å². The lowest BCUT2D eigenvalue weighted by molar-refractivity contribution is -0.122. The van der Waals surface area contributed by atoms with Crippen LogP contribution < -0.4 is 15.4 Å². The van der Waals surface area contributed by atoms with Crippen LogP contribution in [-0.2, 0) is 4.79 Å².